The van der Waals surface area contributed by atoms with Crippen LogP contribution in [0, 0.1) is 13.8 Å². The Bertz CT molecular complexity index is 838. The third kappa shape index (κ3) is 2.88. The number of hydrogen-bond donors (Lipinski definition) is 0. The fraction of sp³-hybridized carbons (Fsp3) is 0.158. The number of carbonyl (C=O) groups excluding carboxylic acids is 1. The van der Waals surface area contributed by atoms with E-state index < -0.39 is 0 Å². The quantitative estimate of drug-likeness (QED) is 0.739. The molecule has 0 N–H and O–H groups in total. The topological polar surface area (TPSA) is 38.1 Å². The zero-order chi connectivity index (χ0) is 16.4. The van der Waals surface area contributed by atoms with Crippen LogP contribution in [0.3, 0.4) is 0 Å². The van der Waals surface area contributed by atoms with Crippen molar-refractivity contribution in [1.29, 1.82) is 0 Å². The summed E-state index contributed by atoms with van der Waals surface area (Å²) in [6.45, 7) is 4.07. The minimum Gasteiger partial charge on any atom is -0.311 e. The van der Waals surface area contributed by atoms with Gasteiger partial charge in [-0.25, -0.2) is 4.68 Å². The van der Waals surface area contributed by atoms with Crippen molar-refractivity contribution in [1.82, 2.24) is 9.78 Å². The Balaban J connectivity index is 2.01. The maximum atomic E-state index is 13.0. The molecule has 4 heteroatoms. The number of aromatic nitrogens is 2. The Kier molecular flexibility index (Phi) is 3.98. The van der Waals surface area contributed by atoms with Gasteiger partial charge in [0.2, 0.25) is 0 Å². The zero-order valence-corrected chi connectivity index (χ0v) is 13.5. The largest absolute Gasteiger partial charge is 0.311 e. The second-order valence-electron chi connectivity index (χ2n) is 5.62. The average Bonchev–Trinajstić information content (AvgIpc) is 3.08. The summed E-state index contributed by atoms with van der Waals surface area (Å²) in [5, 5.41) is 4.24. The monoisotopic (exact) mass is 305 g/mol. The number of rotatable bonds is 3. The first kappa shape index (κ1) is 15.0. The van der Waals surface area contributed by atoms with E-state index in [4.69, 9.17) is 0 Å². The number of hydrogen-bond acceptors (Lipinski definition) is 2. The smallest absolute Gasteiger partial charge is 0.260 e. The maximum Gasteiger partial charge on any atom is 0.260 e. The van der Waals surface area contributed by atoms with Gasteiger partial charge in [-0.1, -0.05) is 29.8 Å². The van der Waals surface area contributed by atoms with Gasteiger partial charge in [0.15, 0.2) is 0 Å². The van der Waals surface area contributed by atoms with Crippen LogP contribution in [-0.4, -0.2) is 22.7 Å². The van der Waals surface area contributed by atoms with Crippen molar-refractivity contribution in [3.63, 3.8) is 0 Å². The Hall–Kier alpha value is -2.88. The average molecular weight is 305 g/mol. The molecule has 0 atom stereocenters. The zero-order valence-electron chi connectivity index (χ0n) is 13.5. The van der Waals surface area contributed by atoms with E-state index in [1.54, 1.807) is 22.8 Å². The summed E-state index contributed by atoms with van der Waals surface area (Å²) < 4.78 is 1.71. The molecular formula is C19H19N3O. The summed E-state index contributed by atoms with van der Waals surface area (Å²) in [6, 6.07) is 15.4. The van der Waals surface area contributed by atoms with Crippen molar-refractivity contribution >= 4 is 11.6 Å². The van der Waals surface area contributed by atoms with E-state index >= 15 is 0 Å². The molecule has 4 nitrogen and oxygen atoms in total. The Morgan fingerprint density at radius 1 is 1.09 bits per heavy atom. The predicted octanol–water partition coefficient (Wildman–Crippen LogP) is 3.77. The van der Waals surface area contributed by atoms with Crippen LogP contribution in [0.1, 0.15) is 21.5 Å². The van der Waals surface area contributed by atoms with Gasteiger partial charge in [-0.2, -0.15) is 5.10 Å². The van der Waals surface area contributed by atoms with Crippen LogP contribution < -0.4 is 4.90 Å². The van der Waals surface area contributed by atoms with Crippen molar-refractivity contribution < 1.29 is 4.79 Å². The molecule has 23 heavy (non-hydrogen) atoms. The predicted molar refractivity (Wildman–Crippen MR) is 92.2 cm³/mol. The molecular weight excluding hydrogens is 286 g/mol. The molecule has 0 saturated carbocycles. The lowest BCUT2D eigenvalue weighted by atomic mass is 10.1. The van der Waals surface area contributed by atoms with Gasteiger partial charge in [0.05, 0.1) is 11.3 Å². The van der Waals surface area contributed by atoms with Crippen LogP contribution >= 0.6 is 0 Å². The van der Waals surface area contributed by atoms with Crippen LogP contribution in [0.25, 0.3) is 5.69 Å². The summed E-state index contributed by atoms with van der Waals surface area (Å²) in [4.78, 5) is 14.7. The highest BCUT2D eigenvalue weighted by Gasteiger charge is 2.19. The Labute approximate surface area is 136 Å². The third-order valence-electron chi connectivity index (χ3n) is 3.90. The van der Waals surface area contributed by atoms with E-state index in [0.717, 1.165) is 16.9 Å². The van der Waals surface area contributed by atoms with Gasteiger partial charge in [0.25, 0.3) is 5.91 Å². The maximum absolute atomic E-state index is 13.0. The van der Waals surface area contributed by atoms with Crippen molar-refractivity contribution in [3.05, 3.63) is 77.6 Å². The van der Waals surface area contributed by atoms with Crippen LogP contribution in [-0.2, 0) is 0 Å². The highest BCUT2D eigenvalue weighted by molar-refractivity contribution is 6.08. The highest BCUT2D eigenvalue weighted by Crippen LogP contribution is 2.23. The van der Waals surface area contributed by atoms with Gasteiger partial charge in [-0.05, 0) is 43.7 Å². The molecule has 1 aromatic heterocycles. The molecule has 0 bridgehead atoms. The van der Waals surface area contributed by atoms with Crippen molar-refractivity contribution in [2.75, 3.05) is 11.9 Å². The molecule has 0 spiro atoms. The minimum atomic E-state index is -0.0527. The lowest BCUT2D eigenvalue weighted by molar-refractivity contribution is 0.0992. The van der Waals surface area contributed by atoms with Crippen LogP contribution in [0.15, 0.2) is 60.9 Å². The van der Waals surface area contributed by atoms with E-state index in [0.29, 0.717) is 5.56 Å². The molecule has 3 aromatic rings. The molecule has 1 amide bonds. The van der Waals surface area contributed by atoms with Crippen LogP contribution in [0.5, 0.6) is 0 Å². The number of anilines is 1. The van der Waals surface area contributed by atoms with Crippen LogP contribution in [0.4, 0.5) is 5.69 Å². The molecule has 0 saturated heterocycles. The molecule has 1 heterocycles. The summed E-state index contributed by atoms with van der Waals surface area (Å²) in [5.74, 6) is -0.0527. The van der Waals surface area contributed by atoms with E-state index in [2.05, 4.69) is 11.2 Å². The molecule has 0 aliphatic heterocycles. The first-order valence-electron chi connectivity index (χ1n) is 7.52. The van der Waals surface area contributed by atoms with Gasteiger partial charge in [0.1, 0.15) is 0 Å². The van der Waals surface area contributed by atoms with E-state index in [-0.39, 0.29) is 5.91 Å². The number of para-hydroxylation sites is 1. The van der Waals surface area contributed by atoms with Gasteiger partial charge in [-0.15, -0.1) is 0 Å². The molecule has 0 radical (unpaired) electrons. The van der Waals surface area contributed by atoms with Gasteiger partial charge in [-0.3, -0.25) is 4.79 Å². The number of aryl methyl sites for hydroxylation is 2. The fourth-order valence-corrected chi connectivity index (χ4v) is 2.74. The minimum absolute atomic E-state index is 0.0527. The summed E-state index contributed by atoms with van der Waals surface area (Å²) in [7, 11) is 1.81. The van der Waals surface area contributed by atoms with E-state index in [9.17, 15) is 4.79 Å². The molecule has 0 unspecified atom stereocenters. The standard InChI is InChI=1S/C19H19N3O/c1-14-9-10-17(15(2)13-14)21(3)19(23)16-7-4-5-8-18(16)22-12-6-11-20-22/h4-13H,1-3H3. The lowest BCUT2D eigenvalue weighted by Gasteiger charge is -2.21. The summed E-state index contributed by atoms with van der Waals surface area (Å²) >= 11 is 0. The SMILES string of the molecule is Cc1ccc(N(C)C(=O)c2ccccc2-n2cccn2)c(C)c1. The molecule has 0 aliphatic rings. The number of nitrogens with zero attached hydrogens (tertiary/aromatic N) is 3. The Morgan fingerprint density at radius 3 is 2.57 bits per heavy atom. The fourth-order valence-electron chi connectivity index (χ4n) is 2.74. The van der Waals surface area contributed by atoms with Crippen molar-refractivity contribution in [2.24, 2.45) is 0 Å². The second-order valence-corrected chi connectivity index (χ2v) is 5.62. The third-order valence-corrected chi connectivity index (χ3v) is 3.90. The second kappa shape index (κ2) is 6.08. The first-order chi connectivity index (χ1) is 11.1. The van der Waals surface area contributed by atoms with Gasteiger partial charge in [0, 0.05) is 25.1 Å². The number of benzene rings is 2. The Morgan fingerprint density at radius 2 is 1.87 bits per heavy atom. The molecule has 3 rings (SSSR count). The van der Waals surface area contributed by atoms with Gasteiger partial charge < -0.3 is 4.90 Å². The first-order valence-corrected chi connectivity index (χ1v) is 7.52. The van der Waals surface area contributed by atoms with Crippen molar-refractivity contribution in [3.8, 4) is 5.69 Å². The highest BCUT2D eigenvalue weighted by atomic mass is 16.2. The van der Waals surface area contributed by atoms with E-state index in [1.165, 1.54) is 5.56 Å². The van der Waals surface area contributed by atoms with Gasteiger partial charge >= 0.3 is 0 Å². The molecule has 0 fully saturated rings. The summed E-state index contributed by atoms with van der Waals surface area (Å²) in [6.07, 6.45) is 3.54. The number of amides is 1. The summed E-state index contributed by atoms with van der Waals surface area (Å²) in [5.41, 5.74) is 4.58. The normalized spacial score (nSPS) is 10.6. The molecule has 2 aromatic carbocycles. The molecule has 116 valence electrons. The van der Waals surface area contributed by atoms with E-state index in [1.807, 2.05) is 62.5 Å². The lowest BCUT2D eigenvalue weighted by Crippen LogP contribution is -2.28. The van der Waals surface area contributed by atoms with Crippen LogP contribution in [0.2, 0.25) is 0 Å². The molecule has 0 aliphatic carbocycles. The van der Waals surface area contributed by atoms with Crippen molar-refractivity contribution in [2.45, 2.75) is 13.8 Å². The number of carbonyl (C=O) groups is 1.